The molecule has 230 valence electrons. The Morgan fingerprint density at radius 3 is 1.50 bits per heavy atom. The van der Waals surface area contributed by atoms with Crippen molar-refractivity contribution in [1.29, 1.82) is 0 Å². The van der Waals surface area contributed by atoms with Crippen molar-refractivity contribution in [2.24, 2.45) is 0 Å². The van der Waals surface area contributed by atoms with Crippen molar-refractivity contribution in [3.05, 3.63) is 144 Å². The van der Waals surface area contributed by atoms with E-state index in [1.165, 1.54) is 0 Å². The molecule has 44 heavy (non-hydrogen) atoms. The summed E-state index contributed by atoms with van der Waals surface area (Å²) in [6.07, 6.45) is -4.69. The highest BCUT2D eigenvalue weighted by molar-refractivity contribution is 5.57. The van der Waals surface area contributed by atoms with Crippen LogP contribution >= 0.6 is 0 Å². The van der Waals surface area contributed by atoms with Gasteiger partial charge in [-0.05, 0) is 22.3 Å². The molecule has 1 saturated heterocycles. The minimum absolute atomic E-state index is 0.101. The fourth-order valence-corrected chi connectivity index (χ4v) is 5.29. The molecule has 1 fully saturated rings. The Morgan fingerprint density at radius 1 is 0.636 bits per heavy atom. The first kappa shape index (κ1) is 31.4. The third-order valence-electron chi connectivity index (χ3n) is 7.42. The van der Waals surface area contributed by atoms with Gasteiger partial charge in [0.05, 0.1) is 33.0 Å². The van der Waals surface area contributed by atoms with E-state index >= 15 is 0 Å². The molecule has 4 aromatic rings. The van der Waals surface area contributed by atoms with E-state index in [1.807, 2.05) is 121 Å². The van der Waals surface area contributed by atoms with E-state index < -0.39 is 36.4 Å². The predicted molar refractivity (Wildman–Crippen MR) is 164 cm³/mol. The van der Waals surface area contributed by atoms with Gasteiger partial charge in [-0.1, -0.05) is 121 Å². The zero-order valence-electron chi connectivity index (χ0n) is 24.7. The summed E-state index contributed by atoms with van der Waals surface area (Å²) in [6.45, 7) is 2.70. The van der Waals surface area contributed by atoms with E-state index in [1.54, 1.807) is 6.92 Å². The monoisotopic (exact) mass is 598 g/mol. The number of benzene rings is 4. The molecule has 0 aliphatic carbocycles. The summed E-state index contributed by atoms with van der Waals surface area (Å²) in [7, 11) is 0. The molecular formula is C36H38O8. The standard InChI is InChI=1S/C36H38O8/c1-36(44-35(37)38)34(42-25-30-20-12-5-13-21-30)33(41-24-29-18-10-4-11-19-29)32(40-23-28-16-8-3-9-17-28)31(43-36)26-39-22-27-14-6-2-7-15-27/h2-21,31-34H,22-26H2,1H3,(H,37,38)/t31-,32-,33+,34+,36?/m1/s1. The normalized spacial score (nSPS) is 23.2. The molecule has 1 aliphatic heterocycles. The number of rotatable bonds is 14. The molecule has 4 aromatic carbocycles. The first-order valence-corrected chi connectivity index (χ1v) is 14.7. The lowest BCUT2D eigenvalue weighted by molar-refractivity contribution is -0.363. The van der Waals surface area contributed by atoms with Gasteiger partial charge in [0.25, 0.3) is 0 Å². The van der Waals surface area contributed by atoms with Gasteiger partial charge in [0.1, 0.15) is 18.3 Å². The van der Waals surface area contributed by atoms with Crippen LogP contribution in [0.1, 0.15) is 29.2 Å². The zero-order chi connectivity index (χ0) is 30.6. The molecule has 8 heteroatoms. The van der Waals surface area contributed by atoms with Gasteiger partial charge in [0.15, 0.2) is 6.10 Å². The van der Waals surface area contributed by atoms with Gasteiger partial charge in [-0.2, -0.15) is 0 Å². The zero-order valence-corrected chi connectivity index (χ0v) is 24.7. The average Bonchev–Trinajstić information content (AvgIpc) is 3.04. The SMILES string of the molecule is CC1(OC(=O)O)O[C@H](COCc2ccccc2)[C@@H](OCc2ccccc2)[C@H](OCc2ccccc2)[C@@H]1OCc1ccccc1. The Morgan fingerprint density at radius 2 is 1.05 bits per heavy atom. The van der Waals surface area contributed by atoms with Crippen molar-refractivity contribution in [3.8, 4) is 0 Å². The molecule has 1 N–H and O–H groups in total. The van der Waals surface area contributed by atoms with Crippen LogP contribution in [-0.2, 0) is 54.8 Å². The topological polar surface area (TPSA) is 92.7 Å². The number of hydrogen-bond donors (Lipinski definition) is 1. The molecule has 5 rings (SSSR count). The molecule has 0 aromatic heterocycles. The fourth-order valence-electron chi connectivity index (χ4n) is 5.29. The third-order valence-corrected chi connectivity index (χ3v) is 7.42. The predicted octanol–water partition coefficient (Wildman–Crippen LogP) is 6.77. The summed E-state index contributed by atoms with van der Waals surface area (Å²) in [5, 5.41) is 9.80. The van der Waals surface area contributed by atoms with E-state index in [-0.39, 0.29) is 26.4 Å². The Hall–Kier alpha value is -4.05. The molecule has 0 radical (unpaired) electrons. The lowest BCUT2D eigenvalue weighted by Crippen LogP contribution is -2.67. The second-order valence-electron chi connectivity index (χ2n) is 10.8. The van der Waals surface area contributed by atoms with E-state index in [9.17, 15) is 9.90 Å². The lowest BCUT2D eigenvalue weighted by Gasteiger charge is -2.50. The Kier molecular flexibility index (Phi) is 11.1. The maximum atomic E-state index is 12.0. The molecule has 1 heterocycles. The minimum Gasteiger partial charge on any atom is -0.450 e. The average molecular weight is 599 g/mol. The van der Waals surface area contributed by atoms with Crippen LogP contribution in [0.4, 0.5) is 4.79 Å². The van der Waals surface area contributed by atoms with Gasteiger partial charge in [-0.3, -0.25) is 0 Å². The Bertz CT molecular complexity index is 1400. The molecule has 0 amide bonds. The second kappa shape index (κ2) is 15.6. The first-order chi connectivity index (χ1) is 21.5. The molecular weight excluding hydrogens is 560 g/mol. The number of carbonyl (C=O) groups is 1. The number of hydrogen-bond acceptors (Lipinski definition) is 7. The number of ether oxygens (including phenoxy) is 6. The van der Waals surface area contributed by atoms with Crippen LogP contribution in [0.2, 0.25) is 0 Å². The van der Waals surface area contributed by atoms with Crippen LogP contribution in [0.15, 0.2) is 121 Å². The maximum absolute atomic E-state index is 12.0. The summed E-state index contributed by atoms with van der Waals surface area (Å²) in [4.78, 5) is 12.0. The molecule has 5 atom stereocenters. The highest BCUT2D eigenvalue weighted by atomic mass is 16.8. The van der Waals surface area contributed by atoms with Crippen LogP contribution in [-0.4, -0.2) is 48.1 Å². The highest BCUT2D eigenvalue weighted by Crippen LogP contribution is 2.38. The van der Waals surface area contributed by atoms with Crippen molar-refractivity contribution < 1.29 is 38.3 Å². The van der Waals surface area contributed by atoms with Crippen LogP contribution < -0.4 is 0 Å². The Labute approximate surface area is 258 Å². The van der Waals surface area contributed by atoms with E-state index in [0.717, 1.165) is 22.3 Å². The first-order valence-electron chi connectivity index (χ1n) is 14.7. The third kappa shape index (κ3) is 8.75. The van der Waals surface area contributed by atoms with Crippen molar-refractivity contribution in [1.82, 2.24) is 0 Å². The smallest absolute Gasteiger partial charge is 0.450 e. The molecule has 0 saturated carbocycles. The fraction of sp³-hybridized carbons (Fsp3) is 0.306. The minimum atomic E-state index is -1.73. The molecule has 0 spiro atoms. The van der Waals surface area contributed by atoms with Gasteiger partial charge in [0, 0.05) is 6.92 Å². The van der Waals surface area contributed by atoms with Crippen molar-refractivity contribution >= 4 is 6.16 Å². The molecule has 8 nitrogen and oxygen atoms in total. The van der Waals surface area contributed by atoms with Crippen molar-refractivity contribution in [2.75, 3.05) is 6.61 Å². The van der Waals surface area contributed by atoms with Gasteiger partial charge in [0.2, 0.25) is 5.79 Å². The quantitative estimate of drug-likeness (QED) is 0.159. The largest absolute Gasteiger partial charge is 0.508 e. The summed E-state index contributed by atoms with van der Waals surface area (Å²) >= 11 is 0. The van der Waals surface area contributed by atoms with Crippen LogP contribution in [0.25, 0.3) is 0 Å². The summed E-state index contributed by atoms with van der Waals surface area (Å²) in [6, 6.07) is 38.9. The van der Waals surface area contributed by atoms with Gasteiger partial charge in [-0.25, -0.2) is 4.79 Å². The Balaban J connectivity index is 1.46. The molecule has 0 bridgehead atoms. The van der Waals surface area contributed by atoms with Gasteiger partial charge < -0.3 is 33.5 Å². The summed E-state index contributed by atoms with van der Waals surface area (Å²) in [5.74, 6) is -1.73. The van der Waals surface area contributed by atoms with Crippen molar-refractivity contribution in [3.63, 3.8) is 0 Å². The van der Waals surface area contributed by atoms with Crippen LogP contribution in [0, 0.1) is 0 Å². The van der Waals surface area contributed by atoms with Crippen molar-refractivity contribution in [2.45, 2.75) is 63.6 Å². The second-order valence-corrected chi connectivity index (χ2v) is 10.8. The van der Waals surface area contributed by atoms with E-state index in [0.29, 0.717) is 6.61 Å². The number of carboxylic acid groups (broad SMARTS) is 1. The van der Waals surface area contributed by atoms with Gasteiger partial charge in [-0.15, -0.1) is 0 Å². The molecule has 1 aliphatic rings. The summed E-state index contributed by atoms with van der Waals surface area (Å²) in [5.41, 5.74) is 3.81. The van der Waals surface area contributed by atoms with Crippen LogP contribution in [0.5, 0.6) is 0 Å². The maximum Gasteiger partial charge on any atom is 0.508 e. The summed E-state index contributed by atoms with van der Waals surface area (Å²) < 4.78 is 37.6. The van der Waals surface area contributed by atoms with Crippen LogP contribution in [0.3, 0.4) is 0 Å². The highest BCUT2D eigenvalue weighted by Gasteiger charge is 2.57. The van der Waals surface area contributed by atoms with E-state index in [2.05, 4.69) is 0 Å². The van der Waals surface area contributed by atoms with Gasteiger partial charge >= 0.3 is 6.16 Å². The molecule has 1 unspecified atom stereocenters. The van der Waals surface area contributed by atoms with E-state index in [4.69, 9.17) is 28.4 Å². The lowest BCUT2D eigenvalue weighted by atomic mass is 9.92.